The summed E-state index contributed by atoms with van der Waals surface area (Å²) in [5, 5.41) is 1.58. The van der Waals surface area contributed by atoms with E-state index in [9.17, 15) is 0 Å². The first-order chi connectivity index (χ1) is 4.75. The van der Waals surface area contributed by atoms with Gasteiger partial charge in [-0.1, -0.05) is 49.5 Å². The first-order valence-corrected chi connectivity index (χ1v) is 5.04. The van der Waals surface area contributed by atoms with E-state index in [1.807, 2.05) is 18.2 Å². The van der Waals surface area contributed by atoms with Crippen molar-refractivity contribution in [2.24, 2.45) is 0 Å². The quantitative estimate of drug-likeness (QED) is 0.684. The maximum Gasteiger partial charge on any atom is 0.0457 e. The van der Waals surface area contributed by atoms with Gasteiger partial charge in [-0.25, -0.2) is 0 Å². The Morgan fingerprint density at radius 3 is 2.50 bits per heavy atom. The Hall–Kier alpha value is 0.470. The van der Waals surface area contributed by atoms with Gasteiger partial charge >= 0.3 is 0 Å². The van der Waals surface area contributed by atoms with Crippen molar-refractivity contribution in [3.63, 3.8) is 0 Å². The minimum absolute atomic E-state index is 0.785. The van der Waals surface area contributed by atoms with E-state index in [0.29, 0.717) is 0 Å². The summed E-state index contributed by atoms with van der Waals surface area (Å²) < 4.78 is 1.05. The van der Waals surface area contributed by atoms with Gasteiger partial charge in [0.25, 0.3) is 0 Å². The SMILES string of the molecule is Clc1cccc(Br)c1CBr. The van der Waals surface area contributed by atoms with Crippen LogP contribution in [0.2, 0.25) is 5.02 Å². The number of benzene rings is 1. The van der Waals surface area contributed by atoms with Crippen LogP contribution in [0.15, 0.2) is 22.7 Å². The van der Waals surface area contributed by atoms with Crippen LogP contribution in [0.5, 0.6) is 0 Å². The summed E-state index contributed by atoms with van der Waals surface area (Å²) >= 11 is 12.6. The standard InChI is InChI=1S/C7H5Br2Cl/c8-4-5-6(9)2-1-3-7(5)10/h1-3H,4H2. The molecule has 1 rings (SSSR count). The van der Waals surface area contributed by atoms with Gasteiger partial charge < -0.3 is 0 Å². The van der Waals surface area contributed by atoms with Gasteiger partial charge in [0, 0.05) is 14.8 Å². The van der Waals surface area contributed by atoms with Crippen LogP contribution in [0.4, 0.5) is 0 Å². The summed E-state index contributed by atoms with van der Waals surface area (Å²) in [4.78, 5) is 0. The molecule has 0 saturated carbocycles. The molecule has 0 aliphatic carbocycles. The topological polar surface area (TPSA) is 0 Å². The van der Waals surface area contributed by atoms with Crippen molar-refractivity contribution in [2.75, 3.05) is 0 Å². The predicted molar refractivity (Wildman–Crippen MR) is 51.8 cm³/mol. The monoisotopic (exact) mass is 282 g/mol. The summed E-state index contributed by atoms with van der Waals surface area (Å²) in [5.41, 5.74) is 1.10. The second-order valence-corrected chi connectivity index (χ2v) is 3.66. The number of alkyl halides is 1. The van der Waals surface area contributed by atoms with Crippen molar-refractivity contribution >= 4 is 43.5 Å². The normalized spacial score (nSPS) is 9.90. The molecule has 1 aromatic rings. The van der Waals surface area contributed by atoms with Crippen molar-refractivity contribution in [1.29, 1.82) is 0 Å². The Labute approximate surface area is 81.8 Å². The fraction of sp³-hybridized carbons (Fsp3) is 0.143. The highest BCUT2D eigenvalue weighted by molar-refractivity contribution is 9.10. The average molecular weight is 284 g/mol. The maximum atomic E-state index is 5.87. The third-order valence-corrected chi connectivity index (χ3v) is 2.85. The molecule has 0 spiro atoms. The van der Waals surface area contributed by atoms with Crippen LogP contribution >= 0.6 is 43.5 Å². The van der Waals surface area contributed by atoms with Crippen LogP contribution in [0.25, 0.3) is 0 Å². The van der Waals surface area contributed by atoms with Crippen LogP contribution in [0.1, 0.15) is 5.56 Å². The van der Waals surface area contributed by atoms with Crippen LogP contribution < -0.4 is 0 Å². The van der Waals surface area contributed by atoms with Gasteiger partial charge in [-0.3, -0.25) is 0 Å². The van der Waals surface area contributed by atoms with E-state index in [2.05, 4.69) is 31.9 Å². The fourth-order valence-corrected chi connectivity index (χ4v) is 2.66. The van der Waals surface area contributed by atoms with Crippen molar-refractivity contribution in [2.45, 2.75) is 5.33 Å². The van der Waals surface area contributed by atoms with Crippen LogP contribution in [0.3, 0.4) is 0 Å². The zero-order chi connectivity index (χ0) is 7.56. The van der Waals surface area contributed by atoms with E-state index in [0.717, 1.165) is 20.4 Å². The van der Waals surface area contributed by atoms with E-state index in [1.54, 1.807) is 0 Å². The number of rotatable bonds is 1. The van der Waals surface area contributed by atoms with Crippen LogP contribution in [-0.2, 0) is 5.33 Å². The van der Waals surface area contributed by atoms with Gasteiger partial charge in [-0.15, -0.1) is 0 Å². The molecule has 0 bridgehead atoms. The van der Waals surface area contributed by atoms with Gasteiger partial charge in [0.1, 0.15) is 0 Å². The Kier molecular flexibility index (Phi) is 3.21. The summed E-state index contributed by atoms with van der Waals surface area (Å²) in [6.45, 7) is 0. The molecule has 0 aliphatic heterocycles. The molecule has 10 heavy (non-hydrogen) atoms. The van der Waals surface area contributed by atoms with E-state index in [1.165, 1.54) is 0 Å². The highest BCUT2D eigenvalue weighted by Gasteiger charge is 2.00. The van der Waals surface area contributed by atoms with Gasteiger partial charge in [-0.05, 0) is 17.7 Å². The molecule has 0 saturated heterocycles. The van der Waals surface area contributed by atoms with Crippen LogP contribution in [0, 0.1) is 0 Å². The molecular formula is C7H5Br2Cl. The second kappa shape index (κ2) is 3.74. The summed E-state index contributed by atoms with van der Waals surface area (Å²) in [5.74, 6) is 0. The molecule has 0 fully saturated rings. The Morgan fingerprint density at radius 1 is 1.40 bits per heavy atom. The molecule has 0 aliphatic rings. The molecule has 0 radical (unpaired) electrons. The number of hydrogen-bond acceptors (Lipinski definition) is 0. The number of halogens is 3. The average Bonchev–Trinajstić information content (AvgIpc) is 1.88. The fourth-order valence-electron chi connectivity index (χ4n) is 0.660. The molecule has 0 aromatic heterocycles. The smallest absolute Gasteiger partial charge is 0.0457 e. The second-order valence-electron chi connectivity index (χ2n) is 1.83. The maximum absolute atomic E-state index is 5.87. The van der Waals surface area contributed by atoms with Crippen molar-refractivity contribution < 1.29 is 0 Å². The molecule has 3 heteroatoms. The first kappa shape index (κ1) is 8.57. The molecule has 0 nitrogen and oxygen atoms in total. The molecule has 0 atom stereocenters. The lowest BCUT2D eigenvalue weighted by atomic mass is 10.2. The zero-order valence-electron chi connectivity index (χ0n) is 5.07. The van der Waals surface area contributed by atoms with Crippen LogP contribution in [-0.4, -0.2) is 0 Å². The van der Waals surface area contributed by atoms with Gasteiger partial charge in [0.2, 0.25) is 0 Å². The minimum Gasteiger partial charge on any atom is -0.0875 e. The third-order valence-electron chi connectivity index (χ3n) is 1.20. The van der Waals surface area contributed by atoms with Crippen molar-refractivity contribution in [3.05, 3.63) is 33.3 Å². The minimum atomic E-state index is 0.785. The molecule has 0 N–H and O–H groups in total. The Morgan fingerprint density at radius 2 is 2.10 bits per heavy atom. The molecule has 0 amide bonds. The lowest BCUT2D eigenvalue weighted by Crippen LogP contribution is -1.80. The van der Waals surface area contributed by atoms with Crippen molar-refractivity contribution in [3.8, 4) is 0 Å². The highest BCUT2D eigenvalue weighted by atomic mass is 79.9. The first-order valence-electron chi connectivity index (χ1n) is 2.74. The third kappa shape index (κ3) is 1.74. The highest BCUT2D eigenvalue weighted by Crippen LogP contribution is 2.26. The molecule has 54 valence electrons. The predicted octanol–water partition coefficient (Wildman–Crippen LogP) is 4.00. The lowest BCUT2D eigenvalue weighted by molar-refractivity contribution is 1.40. The summed E-state index contributed by atoms with van der Waals surface area (Å²) in [7, 11) is 0. The zero-order valence-corrected chi connectivity index (χ0v) is 9.00. The Bertz CT molecular complexity index is 215. The van der Waals surface area contributed by atoms with E-state index in [4.69, 9.17) is 11.6 Å². The van der Waals surface area contributed by atoms with E-state index in [-0.39, 0.29) is 0 Å². The lowest BCUT2D eigenvalue weighted by Gasteiger charge is -2.00. The van der Waals surface area contributed by atoms with Crippen molar-refractivity contribution in [1.82, 2.24) is 0 Å². The van der Waals surface area contributed by atoms with Gasteiger partial charge in [-0.2, -0.15) is 0 Å². The van der Waals surface area contributed by atoms with Gasteiger partial charge in [0.15, 0.2) is 0 Å². The molecular weight excluding hydrogens is 279 g/mol. The number of hydrogen-bond donors (Lipinski definition) is 0. The van der Waals surface area contributed by atoms with E-state index < -0.39 is 0 Å². The summed E-state index contributed by atoms with van der Waals surface area (Å²) in [6, 6.07) is 5.77. The summed E-state index contributed by atoms with van der Waals surface area (Å²) in [6.07, 6.45) is 0. The largest absolute Gasteiger partial charge is 0.0875 e. The van der Waals surface area contributed by atoms with Gasteiger partial charge in [0.05, 0.1) is 0 Å². The Balaban J connectivity index is 3.17. The molecule has 0 heterocycles. The molecule has 0 unspecified atom stereocenters. The van der Waals surface area contributed by atoms with E-state index >= 15 is 0 Å². The molecule has 1 aromatic carbocycles.